The van der Waals surface area contributed by atoms with Crippen molar-refractivity contribution < 1.29 is 4.74 Å². The molecule has 2 heteroatoms. The van der Waals surface area contributed by atoms with Crippen molar-refractivity contribution in [2.45, 2.75) is 44.8 Å². The summed E-state index contributed by atoms with van der Waals surface area (Å²) in [5, 5.41) is 0. The van der Waals surface area contributed by atoms with E-state index in [0.29, 0.717) is 18.1 Å². The fraction of sp³-hybridized carbons (Fsp3) is 1.00. The molecule has 2 N–H and O–H groups in total. The van der Waals surface area contributed by atoms with Gasteiger partial charge in [-0.3, -0.25) is 0 Å². The lowest BCUT2D eigenvalue weighted by atomic mass is 9.97. The molecule has 0 bridgehead atoms. The Hall–Kier alpha value is -0.0800. The average molecular weight is 157 g/mol. The second-order valence-electron chi connectivity index (χ2n) is 3.64. The van der Waals surface area contributed by atoms with Gasteiger partial charge in [0.2, 0.25) is 0 Å². The van der Waals surface area contributed by atoms with Crippen molar-refractivity contribution in [1.82, 2.24) is 0 Å². The van der Waals surface area contributed by atoms with Gasteiger partial charge in [0, 0.05) is 13.2 Å². The van der Waals surface area contributed by atoms with Gasteiger partial charge in [0.25, 0.3) is 0 Å². The third-order valence-electron chi connectivity index (χ3n) is 2.75. The third-order valence-corrected chi connectivity index (χ3v) is 2.75. The first-order valence-electron chi connectivity index (χ1n) is 4.52. The zero-order chi connectivity index (χ0) is 8.27. The van der Waals surface area contributed by atoms with Crippen LogP contribution in [0.1, 0.15) is 32.6 Å². The minimum atomic E-state index is 0.379. The van der Waals surface area contributed by atoms with Crippen LogP contribution in [0.15, 0.2) is 0 Å². The van der Waals surface area contributed by atoms with Gasteiger partial charge in [-0.2, -0.15) is 0 Å². The number of ether oxygens (including phenoxy) is 1. The van der Waals surface area contributed by atoms with Crippen molar-refractivity contribution in [3.05, 3.63) is 0 Å². The Labute approximate surface area is 69.1 Å². The number of nitrogens with two attached hydrogens (primary N) is 1. The number of methoxy groups -OCH3 is 1. The van der Waals surface area contributed by atoms with E-state index in [1.165, 1.54) is 19.3 Å². The molecular formula is C9H19NO. The zero-order valence-corrected chi connectivity index (χ0v) is 7.55. The summed E-state index contributed by atoms with van der Waals surface area (Å²) >= 11 is 0. The smallest absolute Gasteiger partial charge is 0.0546 e. The van der Waals surface area contributed by atoms with Crippen LogP contribution < -0.4 is 5.73 Å². The number of hydrogen-bond donors (Lipinski definition) is 1. The van der Waals surface area contributed by atoms with Crippen LogP contribution in [0.25, 0.3) is 0 Å². The lowest BCUT2D eigenvalue weighted by Gasteiger charge is -2.18. The van der Waals surface area contributed by atoms with Crippen molar-refractivity contribution in [1.29, 1.82) is 0 Å². The molecule has 0 spiro atoms. The molecule has 0 radical (unpaired) electrons. The van der Waals surface area contributed by atoms with E-state index >= 15 is 0 Å². The largest absolute Gasteiger partial charge is 0.382 e. The van der Waals surface area contributed by atoms with Crippen LogP contribution in [0.2, 0.25) is 0 Å². The molecule has 0 aromatic rings. The summed E-state index contributed by atoms with van der Waals surface area (Å²) in [6, 6.07) is 0.438. The summed E-state index contributed by atoms with van der Waals surface area (Å²) in [5.41, 5.74) is 5.93. The Morgan fingerprint density at radius 2 is 2.27 bits per heavy atom. The van der Waals surface area contributed by atoms with Gasteiger partial charge in [-0.25, -0.2) is 0 Å². The van der Waals surface area contributed by atoms with Crippen molar-refractivity contribution in [3.8, 4) is 0 Å². The zero-order valence-electron chi connectivity index (χ0n) is 7.55. The highest BCUT2D eigenvalue weighted by Crippen LogP contribution is 2.28. The molecule has 1 fully saturated rings. The Balaban J connectivity index is 2.24. The summed E-state index contributed by atoms with van der Waals surface area (Å²) in [7, 11) is 1.77. The summed E-state index contributed by atoms with van der Waals surface area (Å²) in [4.78, 5) is 0. The number of rotatable bonds is 3. The van der Waals surface area contributed by atoms with Gasteiger partial charge in [-0.1, -0.05) is 6.42 Å². The topological polar surface area (TPSA) is 35.2 Å². The molecule has 0 aliphatic heterocycles. The van der Waals surface area contributed by atoms with E-state index in [0.717, 1.165) is 6.42 Å². The standard InChI is InChI=1S/C9H19NO/c1-7(11-2)6-8-4-3-5-9(8)10/h7-9H,3-6,10H2,1-2H3. The second-order valence-corrected chi connectivity index (χ2v) is 3.64. The van der Waals surface area contributed by atoms with E-state index in [1.807, 2.05) is 0 Å². The van der Waals surface area contributed by atoms with Crippen LogP contribution in [0, 0.1) is 5.92 Å². The predicted octanol–water partition coefficient (Wildman–Crippen LogP) is 1.54. The van der Waals surface area contributed by atoms with Crippen molar-refractivity contribution >= 4 is 0 Å². The van der Waals surface area contributed by atoms with Crippen molar-refractivity contribution in [2.75, 3.05) is 7.11 Å². The molecule has 3 atom stereocenters. The first-order chi connectivity index (χ1) is 5.24. The lowest BCUT2D eigenvalue weighted by molar-refractivity contribution is 0.0934. The van der Waals surface area contributed by atoms with Crippen LogP contribution in [0.3, 0.4) is 0 Å². The number of hydrogen-bond acceptors (Lipinski definition) is 2. The monoisotopic (exact) mass is 157 g/mol. The summed E-state index contributed by atoms with van der Waals surface area (Å²) in [6.07, 6.45) is 5.33. The predicted molar refractivity (Wildman–Crippen MR) is 46.4 cm³/mol. The molecule has 1 aliphatic rings. The molecule has 2 nitrogen and oxygen atoms in total. The van der Waals surface area contributed by atoms with E-state index in [2.05, 4.69) is 6.92 Å². The molecule has 0 aromatic carbocycles. The molecule has 0 heterocycles. The Kier molecular flexibility index (Phi) is 3.34. The molecule has 0 saturated heterocycles. The maximum atomic E-state index is 5.93. The van der Waals surface area contributed by atoms with E-state index in [4.69, 9.17) is 10.5 Å². The molecule has 3 unspecified atom stereocenters. The molecule has 66 valence electrons. The minimum Gasteiger partial charge on any atom is -0.382 e. The molecule has 0 amide bonds. The van der Waals surface area contributed by atoms with Gasteiger partial charge in [-0.15, -0.1) is 0 Å². The van der Waals surface area contributed by atoms with Crippen LogP contribution in [-0.2, 0) is 4.74 Å². The van der Waals surface area contributed by atoms with Crippen LogP contribution >= 0.6 is 0 Å². The van der Waals surface area contributed by atoms with Crippen LogP contribution in [-0.4, -0.2) is 19.3 Å². The van der Waals surface area contributed by atoms with Crippen LogP contribution in [0.4, 0.5) is 0 Å². The van der Waals surface area contributed by atoms with Crippen molar-refractivity contribution in [3.63, 3.8) is 0 Å². The van der Waals surface area contributed by atoms with Crippen LogP contribution in [0.5, 0.6) is 0 Å². The van der Waals surface area contributed by atoms with Gasteiger partial charge < -0.3 is 10.5 Å². The van der Waals surface area contributed by atoms with Crippen molar-refractivity contribution in [2.24, 2.45) is 11.7 Å². The Morgan fingerprint density at radius 1 is 1.55 bits per heavy atom. The molecular weight excluding hydrogens is 138 g/mol. The van der Waals surface area contributed by atoms with Gasteiger partial charge in [-0.05, 0) is 32.1 Å². The second kappa shape index (κ2) is 4.07. The highest BCUT2D eigenvalue weighted by atomic mass is 16.5. The van der Waals surface area contributed by atoms with E-state index < -0.39 is 0 Å². The Bertz CT molecular complexity index is 116. The normalized spacial score (nSPS) is 34.1. The minimum absolute atomic E-state index is 0.379. The average Bonchev–Trinajstić information content (AvgIpc) is 2.37. The molecule has 1 rings (SSSR count). The summed E-state index contributed by atoms with van der Waals surface area (Å²) in [5.74, 6) is 0.713. The first kappa shape index (κ1) is 9.01. The summed E-state index contributed by atoms with van der Waals surface area (Å²) in [6.45, 7) is 2.12. The third kappa shape index (κ3) is 2.46. The summed E-state index contributed by atoms with van der Waals surface area (Å²) < 4.78 is 5.20. The molecule has 1 saturated carbocycles. The Morgan fingerprint density at radius 3 is 2.73 bits per heavy atom. The fourth-order valence-electron chi connectivity index (χ4n) is 1.88. The maximum Gasteiger partial charge on any atom is 0.0546 e. The van der Waals surface area contributed by atoms with Gasteiger partial charge >= 0.3 is 0 Å². The van der Waals surface area contributed by atoms with E-state index in [1.54, 1.807) is 7.11 Å². The van der Waals surface area contributed by atoms with Gasteiger partial charge in [0.05, 0.1) is 6.10 Å². The molecule has 1 aliphatic carbocycles. The lowest BCUT2D eigenvalue weighted by Crippen LogP contribution is -2.27. The highest BCUT2D eigenvalue weighted by Gasteiger charge is 2.25. The quantitative estimate of drug-likeness (QED) is 0.674. The van der Waals surface area contributed by atoms with E-state index in [-0.39, 0.29) is 0 Å². The first-order valence-corrected chi connectivity index (χ1v) is 4.52. The maximum absolute atomic E-state index is 5.93. The van der Waals surface area contributed by atoms with Gasteiger partial charge in [0.15, 0.2) is 0 Å². The highest BCUT2D eigenvalue weighted by molar-refractivity contribution is 4.81. The van der Waals surface area contributed by atoms with Gasteiger partial charge in [0.1, 0.15) is 0 Å². The molecule has 11 heavy (non-hydrogen) atoms. The fourth-order valence-corrected chi connectivity index (χ4v) is 1.88. The molecule has 0 aromatic heterocycles. The van der Waals surface area contributed by atoms with E-state index in [9.17, 15) is 0 Å². The SMILES string of the molecule is COC(C)CC1CCCC1N.